The van der Waals surface area contributed by atoms with Gasteiger partial charge in [-0.05, 0) is 54.3 Å². The third-order valence-electron chi connectivity index (χ3n) is 5.03. The van der Waals surface area contributed by atoms with E-state index in [-0.39, 0.29) is 30.7 Å². The Morgan fingerprint density at radius 3 is 2.48 bits per heavy atom. The molecule has 3 aromatic rings. The van der Waals surface area contributed by atoms with Gasteiger partial charge in [0.15, 0.2) is 6.61 Å². The van der Waals surface area contributed by atoms with Crippen molar-refractivity contribution < 1.29 is 14.6 Å². The van der Waals surface area contributed by atoms with Crippen LogP contribution < -0.4 is 9.64 Å². The summed E-state index contributed by atoms with van der Waals surface area (Å²) in [5, 5.41) is 10.7. The zero-order chi connectivity index (χ0) is 22.5. The van der Waals surface area contributed by atoms with Crippen molar-refractivity contribution in [2.24, 2.45) is 0 Å². The first-order chi connectivity index (χ1) is 14.8. The Balaban J connectivity index is 1.89. The van der Waals surface area contributed by atoms with Gasteiger partial charge in [-0.2, -0.15) is 0 Å². The summed E-state index contributed by atoms with van der Waals surface area (Å²) in [5.41, 5.74) is 3.24. The molecule has 0 saturated heterocycles. The SMILES string of the molecule is Cc1cc(OCC(=O)N(Cc2ccccc2O)c2ccccc2Cl)c(C(C)C)cc1Br. The summed E-state index contributed by atoms with van der Waals surface area (Å²) in [7, 11) is 0. The summed E-state index contributed by atoms with van der Waals surface area (Å²) in [4.78, 5) is 14.8. The van der Waals surface area contributed by atoms with Crippen LogP contribution in [0.25, 0.3) is 0 Å². The zero-order valence-corrected chi connectivity index (χ0v) is 20.1. The number of carbonyl (C=O) groups is 1. The number of hydrogen-bond donors (Lipinski definition) is 1. The monoisotopic (exact) mass is 501 g/mol. The Bertz CT molecular complexity index is 1080. The number of amides is 1. The highest BCUT2D eigenvalue weighted by molar-refractivity contribution is 9.10. The van der Waals surface area contributed by atoms with Crippen molar-refractivity contribution in [2.75, 3.05) is 11.5 Å². The molecular weight excluding hydrogens is 478 g/mol. The molecule has 0 heterocycles. The smallest absolute Gasteiger partial charge is 0.265 e. The molecule has 3 rings (SSSR count). The van der Waals surface area contributed by atoms with Gasteiger partial charge in [0.1, 0.15) is 11.5 Å². The lowest BCUT2D eigenvalue weighted by Gasteiger charge is -2.25. The number of ether oxygens (including phenoxy) is 1. The fourth-order valence-corrected chi connectivity index (χ4v) is 3.86. The van der Waals surface area contributed by atoms with Gasteiger partial charge in [-0.1, -0.05) is 71.7 Å². The number of anilines is 1. The number of carbonyl (C=O) groups excluding carboxylic acids is 1. The minimum absolute atomic E-state index is 0.124. The van der Waals surface area contributed by atoms with Gasteiger partial charge in [0, 0.05) is 10.0 Å². The van der Waals surface area contributed by atoms with Crippen LogP contribution in [0.1, 0.15) is 36.5 Å². The van der Waals surface area contributed by atoms with Gasteiger partial charge in [-0.3, -0.25) is 4.79 Å². The molecule has 162 valence electrons. The van der Waals surface area contributed by atoms with Gasteiger partial charge in [-0.15, -0.1) is 0 Å². The van der Waals surface area contributed by atoms with Gasteiger partial charge in [0.2, 0.25) is 0 Å². The first kappa shape index (κ1) is 23.2. The van der Waals surface area contributed by atoms with Crippen molar-refractivity contribution in [3.63, 3.8) is 0 Å². The van der Waals surface area contributed by atoms with E-state index in [1.165, 1.54) is 4.90 Å². The van der Waals surface area contributed by atoms with E-state index in [4.69, 9.17) is 16.3 Å². The van der Waals surface area contributed by atoms with Gasteiger partial charge >= 0.3 is 0 Å². The second kappa shape index (κ2) is 10.2. The molecule has 0 aliphatic carbocycles. The number of para-hydroxylation sites is 2. The van der Waals surface area contributed by atoms with Crippen molar-refractivity contribution >= 4 is 39.1 Å². The van der Waals surface area contributed by atoms with Gasteiger partial charge < -0.3 is 14.7 Å². The predicted molar refractivity (Wildman–Crippen MR) is 129 cm³/mol. The molecule has 1 amide bonds. The summed E-state index contributed by atoms with van der Waals surface area (Å²) >= 11 is 9.95. The lowest BCUT2D eigenvalue weighted by atomic mass is 10.0. The molecule has 0 bridgehead atoms. The molecule has 1 N–H and O–H groups in total. The fraction of sp³-hybridized carbons (Fsp3) is 0.240. The third-order valence-corrected chi connectivity index (χ3v) is 6.20. The maximum atomic E-state index is 13.3. The van der Waals surface area contributed by atoms with Crippen LogP contribution in [-0.4, -0.2) is 17.6 Å². The Kier molecular flexibility index (Phi) is 7.63. The quantitative estimate of drug-likeness (QED) is 0.384. The van der Waals surface area contributed by atoms with Crippen LogP contribution in [0.15, 0.2) is 65.1 Å². The van der Waals surface area contributed by atoms with Crippen LogP contribution in [-0.2, 0) is 11.3 Å². The van der Waals surface area contributed by atoms with E-state index in [1.807, 2.05) is 37.3 Å². The van der Waals surface area contributed by atoms with Crippen LogP contribution in [0.3, 0.4) is 0 Å². The summed E-state index contributed by atoms with van der Waals surface area (Å²) in [5.74, 6) is 0.791. The highest BCUT2D eigenvalue weighted by atomic mass is 79.9. The van der Waals surface area contributed by atoms with Gasteiger partial charge in [0.05, 0.1) is 17.3 Å². The number of halogens is 2. The largest absolute Gasteiger partial charge is 0.508 e. The molecular formula is C25H25BrClNO3. The molecule has 0 saturated carbocycles. The van der Waals surface area contributed by atoms with E-state index in [0.29, 0.717) is 22.0 Å². The number of nitrogens with zero attached hydrogens (tertiary/aromatic N) is 1. The number of rotatable bonds is 7. The van der Waals surface area contributed by atoms with Crippen LogP contribution >= 0.6 is 27.5 Å². The molecule has 0 aliphatic rings. The zero-order valence-electron chi connectivity index (χ0n) is 17.7. The summed E-state index contributed by atoms with van der Waals surface area (Å²) in [6.45, 7) is 6.17. The average Bonchev–Trinajstić information content (AvgIpc) is 2.74. The molecule has 0 aromatic heterocycles. The van der Waals surface area contributed by atoms with E-state index in [0.717, 1.165) is 15.6 Å². The van der Waals surface area contributed by atoms with Crippen molar-refractivity contribution in [1.82, 2.24) is 0 Å². The van der Waals surface area contributed by atoms with Crippen molar-refractivity contribution in [3.8, 4) is 11.5 Å². The molecule has 0 spiro atoms. The Morgan fingerprint density at radius 2 is 1.81 bits per heavy atom. The second-order valence-electron chi connectivity index (χ2n) is 7.64. The Morgan fingerprint density at radius 1 is 1.13 bits per heavy atom. The molecule has 0 aliphatic heterocycles. The normalized spacial score (nSPS) is 10.9. The molecule has 3 aromatic carbocycles. The first-order valence-electron chi connectivity index (χ1n) is 10.0. The number of aryl methyl sites for hydroxylation is 1. The minimum atomic E-state index is -0.258. The maximum absolute atomic E-state index is 13.3. The fourth-order valence-electron chi connectivity index (χ4n) is 3.26. The molecule has 4 nitrogen and oxygen atoms in total. The Hall–Kier alpha value is -2.50. The van der Waals surface area contributed by atoms with Crippen LogP contribution in [0, 0.1) is 6.92 Å². The van der Waals surface area contributed by atoms with Crippen molar-refractivity contribution in [1.29, 1.82) is 0 Å². The first-order valence-corrected chi connectivity index (χ1v) is 11.2. The number of hydrogen-bond acceptors (Lipinski definition) is 3. The van der Waals surface area contributed by atoms with E-state index < -0.39 is 0 Å². The number of benzene rings is 3. The summed E-state index contributed by atoms with van der Waals surface area (Å²) in [6.07, 6.45) is 0. The highest BCUT2D eigenvalue weighted by Crippen LogP contribution is 2.33. The maximum Gasteiger partial charge on any atom is 0.265 e. The minimum Gasteiger partial charge on any atom is -0.508 e. The molecule has 0 unspecified atom stereocenters. The molecule has 0 atom stereocenters. The standard InChI is InChI=1S/C25H25BrClNO3/c1-16(2)19-13-20(26)17(3)12-24(19)31-15-25(30)28(22-10-6-5-9-21(22)27)14-18-8-4-7-11-23(18)29/h4-13,16,29H,14-15H2,1-3H3. The van der Waals surface area contributed by atoms with E-state index >= 15 is 0 Å². The number of aromatic hydroxyl groups is 1. The highest BCUT2D eigenvalue weighted by Gasteiger charge is 2.21. The topological polar surface area (TPSA) is 49.8 Å². The summed E-state index contributed by atoms with van der Waals surface area (Å²) in [6, 6.07) is 18.1. The Labute approximate surface area is 196 Å². The second-order valence-corrected chi connectivity index (χ2v) is 8.90. The lowest BCUT2D eigenvalue weighted by molar-refractivity contribution is -0.120. The molecule has 31 heavy (non-hydrogen) atoms. The predicted octanol–water partition coefficient (Wildman–Crippen LogP) is 6.85. The third kappa shape index (κ3) is 5.60. The van der Waals surface area contributed by atoms with E-state index in [1.54, 1.807) is 30.3 Å². The lowest BCUT2D eigenvalue weighted by Crippen LogP contribution is -2.35. The van der Waals surface area contributed by atoms with Crippen LogP contribution in [0.2, 0.25) is 5.02 Å². The van der Waals surface area contributed by atoms with Gasteiger partial charge in [0.25, 0.3) is 5.91 Å². The number of phenolic OH excluding ortho intramolecular Hbond substituents is 1. The van der Waals surface area contributed by atoms with Crippen molar-refractivity contribution in [2.45, 2.75) is 33.2 Å². The van der Waals surface area contributed by atoms with Gasteiger partial charge in [-0.25, -0.2) is 0 Å². The van der Waals surface area contributed by atoms with E-state index in [9.17, 15) is 9.90 Å². The van der Waals surface area contributed by atoms with Crippen LogP contribution in [0.5, 0.6) is 11.5 Å². The molecule has 6 heteroatoms. The van der Waals surface area contributed by atoms with E-state index in [2.05, 4.69) is 29.8 Å². The van der Waals surface area contributed by atoms with Crippen LogP contribution in [0.4, 0.5) is 5.69 Å². The molecule has 0 radical (unpaired) electrons. The van der Waals surface area contributed by atoms with Crippen molar-refractivity contribution in [3.05, 3.63) is 86.8 Å². The number of phenols is 1. The summed E-state index contributed by atoms with van der Waals surface area (Å²) < 4.78 is 7.00. The average molecular weight is 503 g/mol. The molecule has 0 fully saturated rings.